The molecule has 2 atom stereocenters. The molecule has 0 radical (unpaired) electrons. The first-order valence-corrected chi connectivity index (χ1v) is 5.59. The van der Waals surface area contributed by atoms with Gasteiger partial charge >= 0.3 is 0 Å². The zero-order chi connectivity index (χ0) is 11.7. The number of hydrogen-bond acceptors (Lipinski definition) is 2. The summed E-state index contributed by atoms with van der Waals surface area (Å²) in [4.78, 5) is 0. The fourth-order valence-electron chi connectivity index (χ4n) is 2.01. The highest BCUT2D eigenvalue weighted by molar-refractivity contribution is 5.35. The molecule has 3 rings (SSSR count). The summed E-state index contributed by atoms with van der Waals surface area (Å²) in [7, 11) is 0. The van der Waals surface area contributed by atoms with Crippen LogP contribution in [0.15, 0.2) is 54.6 Å². The predicted molar refractivity (Wildman–Crippen MR) is 64.2 cm³/mol. The SMILES string of the molecule is N#Cc1ccc(C2OC2c2ccccc2)cc1. The molecule has 0 saturated carbocycles. The molecule has 1 fully saturated rings. The van der Waals surface area contributed by atoms with E-state index in [1.54, 1.807) is 0 Å². The highest BCUT2D eigenvalue weighted by Crippen LogP contribution is 2.50. The molecule has 2 aromatic carbocycles. The molecule has 82 valence electrons. The molecule has 2 heteroatoms. The molecule has 17 heavy (non-hydrogen) atoms. The summed E-state index contributed by atoms with van der Waals surface area (Å²) in [5.41, 5.74) is 3.03. The molecular formula is C15H11NO. The molecular weight excluding hydrogens is 210 g/mol. The van der Waals surface area contributed by atoms with Gasteiger partial charge in [-0.15, -0.1) is 0 Å². The summed E-state index contributed by atoms with van der Waals surface area (Å²) < 4.78 is 5.68. The van der Waals surface area contributed by atoms with E-state index in [1.165, 1.54) is 5.56 Å². The lowest BCUT2D eigenvalue weighted by Gasteiger charge is -1.96. The Hall–Kier alpha value is -2.11. The van der Waals surface area contributed by atoms with Crippen molar-refractivity contribution in [3.8, 4) is 6.07 Å². The van der Waals surface area contributed by atoms with Crippen LogP contribution < -0.4 is 0 Å². The first-order valence-electron chi connectivity index (χ1n) is 5.59. The van der Waals surface area contributed by atoms with E-state index in [4.69, 9.17) is 10.00 Å². The van der Waals surface area contributed by atoms with Crippen molar-refractivity contribution in [2.75, 3.05) is 0 Å². The summed E-state index contributed by atoms with van der Waals surface area (Å²) in [5.74, 6) is 0. The van der Waals surface area contributed by atoms with Gasteiger partial charge < -0.3 is 4.74 Å². The molecule has 2 unspecified atom stereocenters. The Labute approximate surface area is 100 Å². The summed E-state index contributed by atoms with van der Waals surface area (Å²) in [5, 5.41) is 8.73. The van der Waals surface area contributed by atoms with Gasteiger partial charge in [0, 0.05) is 0 Å². The Bertz CT molecular complexity index is 554. The largest absolute Gasteiger partial charge is 0.359 e. The third-order valence-corrected chi connectivity index (χ3v) is 2.99. The van der Waals surface area contributed by atoms with Crippen molar-refractivity contribution in [3.63, 3.8) is 0 Å². The van der Waals surface area contributed by atoms with Crippen LogP contribution in [-0.2, 0) is 4.74 Å². The van der Waals surface area contributed by atoms with Gasteiger partial charge in [-0.25, -0.2) is 0 Å². The maximum absolute atomic E-state index is 8.73. The smallest absolute Gasteiger partial charge is 0.114 e. The molecule has 0 aromatic heterocycles. The van der Waals surface area contributed by atoms with Gasteiger partial charge in [-0.1, -0.05) is 42.5 Å². The van der Waals surface area contributed by atoms with Crippen molar-refractivity contribution in [2.45, 2.75) is 12.2 Å². The lowest BCUT2D eigenvalue weighted by Crippen LogP contribution is -1.84. The van der Waals surface area contributed by atoms with Crippen molar-refractivity contribution >= 4 is 0 Å². The Morgan fingerprint density at radius 1 is 0.824 bits per heavy atom. The number of rotatable bonds is 2. The van der Waals surface area contributed by atoms with Gasteiger partial charge in [0.25, 0.3) is 0 Å². The van der Waals surface area contributed by atoms with Gasteiger partial charge in [-0.3, -0.25) is 0 Å². The molecule has 0 spiro atoms. The van der Waals surface area contributed by atoms with Gasteiger partial charge in [-0.2, -0.15) is 5.26 Å². The monoisotopic (exact) mass is 221 g/mol. The average molecular weight is 221 g/mol. The Morgan fingerprint density at radius 3 is 2.00 bits per heavy atom. The third kappa shape index (κ3) is 1.93. The van der Waals surface area contributed by atoms with Crippen molar-refractivity contribution in [1.82, 2.24) is 0 Å². The van der Waals surface area contributed by atoms with Crippen molar-refractivity contribution in [2.24, 2.45) is 0 Å². The van der Waals surface area contributed by atoms with E-state index in [9.17, 15) is 0 Å². The van der Waals surface area contributed by atoms with Crippen LogP contribution in [0.2, 0.25) is 0 Å². The zero-order valence-corrected chi connectivity index (χ0v) is 9.21. The maximum Gasteiger partial charge on any atom is 0.114 e. The van der Waals surface area contributed by atoms with Crippen LogP contribution in [0, 0.1) is 11.3 Å². The van der Waals surface area contributed by atoms with Gasteiger partial charge in [-0.05, 0) is 23.3 Å². The number of nitrogens with zero attached hydrogens (tertiary/aromatic N) is 1. The van der Waals surface area contributed by atoms with Crippen LogP contribution in [0.3, 0.4) is 0 Å². The van der Waals surface area contributed by atoms with Gasteiger partial charge in [0.1, 0.15) is 12.2 Å². The fraction of sp³-hybridized carbons (Fsp3) is 0.133. The number of nitriles is 1. The van der Waals surface area contributed by atoms with Crippen molar-refractivity contribution in [3.05, 3.63) is 71.3 Å². The van der Waals surface area contributed by atoms with E-state index in [-0.39, 0.29) is 12.2 Å². The highest BCUT2D eigenvalue weighted by atomic mass is 16.6. The fourth-order valence-corrected chi connectivity index (χ4v) is 2.01. The number of hydrogen-bond donors (Lipinski definition) is 0. The van der Waals surface area contributed by atoms with E-state index in [1.807, 2.05) is 42.5 Å². The minimum absolute atomic E-state index is 0.144. The van der Waals surface area contributed by atoms with E-state index in [2.05, 4.69) is 18.2 Å². The number of epoxide rings is 1. The summed E-state index contributed by atoms with van der Waals surface area (Å²) in [6, 6.07) is 19.9. The molecule has 0 bridgehead atoms. The normalized spacial score (nSPS) is 21.8. The molecule has 1 saturated heterocycles. The van der Waals surface area contributed by atoms with Crippen LogP contribution in [-0.4, -0.2) is 0 Å². The van der Waals surface area contributed by atoms with Crippen LogP contribution in [0.25, 0.3) is 0 Å². The van der Waals surface area contributed by atoms with Crippen molar-refractivity contribution in [1.29, 1.82) is 5.26 Å². The number of benzene rings is 2. The van der Waals surface area contributed by atoms with E-state index in [0.29, 0.717) is 5.56 Å². The van der Waals surface area contributed by atoms with Gasteiger partial charge in [0.05, 0.1) is 11.6 Å². The second kappa shape index (κ2) is 4.04. The van der Waals surface area contributed by atoms with Crippen molar-refractivity contribution < 1.29 is 4.74 Å². The highest BCUT2D eigenvalue weighted by Gasteiger charge is 2.41. The number of ether oxygens (including phenoxy) is 1. The van der Waals surface area contributed by atoms with E-state index in [0.717, 1.165) is 5.56 Å². The zero-order valence-electron chi connectivity index (χ0n) is 9.21. The summed E-state index contributed by atoms with van der Waals surface area (Å²) >= 11 is 0. The predicted octanol–water partition coefficient (Wildman–Crippen LogP) is 3.37. The average Bonchev–Trinajstić information content (AvgIpc) is 3.20. The van der Waals surface area contributed by atoms with E-state index < -0.39 is 0 Å². The summed E-state index contributed by atoms with van der Waals surface area (Å²) in [6.07, 6.45) is 0.314. The van der Waals surface area contributed by atoms with Crippen LogP contribution in [0.4, 0.5) is 0 Å². The maximum atomic E-state index is 8.73. The topological polar surface area (TPSA) is 36.3 Å². The molecule has 0 N–H and O–H groups in total. The van der Waals surface area contributed by atoms with Crippen LogP contribution >= 0.6 is 0 Å². The second-order valence-electron chi connectivity index (χ2n) is 4.12. The molecule has 0 amide bonds. The summed E-state index contributed by atoms with van der Waals surface area (Å²) in [6.45, 7) is 0. The Morgan fingerprint density at radius 2 is 1.41 bits per heavy atom. The molecule has 1 aliphatic rings. The lowest BCUT2D eigenvalue weighted by atomic mass is 10.0. The molecule has 1 aliphatic heterocycles. The first-order chi connectivity index (χ1) is 8.38. The quantitative estimate of drug-likeness (QED) is 0.729. The Kier molecular flexibility index (Phi) is 2.40. The van der Waals surface area contributed by atoms with Gasteiger partial charge in [0.15, 0.2) is 0 Å². The van der Waals surface area contributed by atoms with Crippen LogP contribution in [0.5, 0.6) is 0 Å². The minimum Gasteiger partial charge on any atom is -0.359 e. The molecule has 2 nitrogen and oxygen atoms in total. The van der Waals surface area contributed by atoms with E-state index >= 15 is 0 Å². The second-order valence-corrected chi connectivity index (χ2v) is 4.12. The Balaban J connectivity index is 1.78. The standard InChI is InChI=1S/C15H11NO/c16-10-11-6-8-13(9-7-11)15-14(17-15)12-4-2-1-3-5-12/h1-9,14-15H. The first kappa shape index (κ1) is 10.1. The minimum atomic E-state index is 0.144. The third-order valence-electron chi connectivity index (χ3n) is 2.99. The lowest BCUT2D eigenvalue weighted by molar-refractivity contribution is 0.377. The molecule has 1 heterocycles. The molecule has 2 aromatic rings. The van der Waals surface area contributed by atoms with Gasteiger partial charge in [0.2, 0.25) is 0 Å². The van der Waals surface area contributed by atoms with Crippen LogP contribution in [0.1, 0.15) is 28.9 Å². The molecule has 0 aliphatic carbocycles.